The lowest BCUT2D eigenvalue weighted by atomic mass is 9.88. The number of anilines is 2. The van der Waals surface area contributed by atoms with Crippen LogP contribution in [0.5, 0.6) is 11.5 Å². The molecule has 0 saturated heterocycles. The highest BCUT2D eigenvalue weighted by Crippen LogP contribution is 2.50. The average Bonchev–Trinajstić information content (AvgIpc) is 2.66. The lowest BCUT2D eigenvalue weighted by Crippen LogP contribution is -2.29. The summed E-state index contributed by atoms with van der Waals surface area (Å²) in [6.07, 6.45) is 5.18. The van der Waals surface area contributed by atoms with Gasteiger partial charge in [0.15, 0.2) is 0 Å². The molecule has 0 bridgehead atoms. The van der Waals surface area contributed by atoms with E-state index in [1.807, 2.05) is 6.07 Å². The van der Waals surface area contributed by atoms with Gasteiger partial charge in [0.2, 0.25) is 0 Å². The first-order chi connectivity index (χ1) is 13.0. The lowest BCUT2D eigenvalue weighted by molar-refractivity contribution is 0.158. The van der Waals surface area contributed by atoms with Crippen LogP contribution >= 0.6 is 0 Å². The van der Waals surface area contributed by atoms with Gasteiger partial charge in [0.1, 0.15) is 17.1 Å². The van der Waals surface area contributed by atoms with E-state index in [4.69, 9.17) is 9.47 Å². The normalized spacial score (nSPS) is 16.4. The first kappa shape index (κ1) is 16.2. The quantitative estimate of drug-likeness (QED) is 0.557. The van der Waals surface area contributed by atoms with Crippen LogP contribution in [0.2, 0.25) is 0 Å². The SMILES string of the molecule is COc1cc2c(c3c1Cc1c(ccc4ccccc14)N3C)C=CC(C)(C)O2. The molecule has 0 saturated carbocycles. The topological polar surface area (TPSA) is 21.7 Å². The van der Waals surface area contributed by atoms with Crippen LogP contribution in [0.4, 0.5) is 11.4 Å². The molecular formula is C24H23NO2. The van der Waals surface area contributed by atoms with E-state index in [0.29, 0.717) is 0 Å². The maximum atomic E-state index is 6.24. The van der Waals surface area contributed by atoms with Crippen molar-refractivity contribution in [1.82, 2.24) is 0 Å². The van der Waals surface area contributed by atoms with Gasteiger partial charge < -0.3 is 14.4 Å². The van der Waals surface area contributed by atoms with E-state index in [0.717, 1.165) is 23.5 Å². The van der Waals surface area contributed by atoms with Crippen molar-refractivity contribution >= 4 is 28.2 Å². The van der Waals surface area contributed by atoms with E-state index in [9.17, 15) is 0 Å². The molecule has 0 amide bonds. The Morgan fingerprint density at radius 3 is 2.70 bits per heavy atom. The number of ether oxygens (including phenoxy) is 2. The molecule has 0 atom stereocenters. The molecule has 136 valence electrons. The minimum atomic E-state index is -0.312. The number of nitrogens with zero attached hydrogens (tertiary/aromatic N) is 1. The summed E-state index contributed by atoms with van der Waals surface area (Å²) in [5, 5.41) is 2.58. The second kappa shape index (κ2) is 5.53. The maximum Gasteiger partial charge on any atom is 0.133 e. The third-order valence-electron chi connectivity index (χ3n) is 5.68. The molecule has 2 aliphatic heterocycles. The number of fused-ring (bicyclic) bond motifs is 6. The Kier molecular flexibility index (Phi) is 3.33. The van der Waals surface area contributed by atoms with E-state index < -0.39 is 0 Å². The van der Waals surface area contributed by atoms with Crippen LogP contribution in [0.1, 0.15) is 30.5 Å². The molecule has 0 unspecified atom stereocenters. The van der Waals surface area contributed by atoms with Gasteiger partial charge in [-0.05, 0) is 48.4 Å². The van der Waals surface area contributed by atoms with Crippen LogP contribution in [-0.4, -0.2) is 19.8 Å². The van der Waals surface area contributed by atoms with Gasteiger partial charge in [0.05, 0.1) is 12.8 Å². The fourth-order valence-corrected chi connectivity index (χ4v) is 4.38. The predicted octanol–water partition coefficient (Wildman–Crippen LogP) is 5.70. The molecule has 2 aliphatic rings. The zero-order chi connectivity index (χ0) is 18.8. The Morgan fingerprint density at radius 1 is 1.07 bits per heavy atom. The third kappa shape index (κ3) is 2.34. The summed E-state index contributed by atoms with van der Waals surface area (Å²) >= 11 is 0. The summed E-state index contributed by atoms with van der Waals surface area (Å²) in [6, 6.07) is 15.1. The van der Waals surface area contributed by atoms with Crippen molar-refractivity contribution in [2.75, 3.05) is 19.1 Å². The molecule has 3 heteroatoms. The molecule has 27 heavy (non-hydrogen) atoms. The van der Waals surface area contributed by atoms with Gasteiger partial charge >= 0.3 is 0 Å². The molecule has 2 heterocycles. The lowest BCUT2D eigenvalue weighted by Gasteiger charge is -2.36. The van der Waals surface area contributed by atoms with Gasteiger partial charge in [-0.25, -0.2) is 0 Å². The zero-order valence-corrected chi connectivity index (χ0v) is 16.2. The predicted molar refractivity (Wildman–Crippen MR) is 112 cm³/mol. The smallest absolute Gasteiger partial charge is 0.133 e. The molecule has 0 aromatic heterocycles. The molecular weight excluding hydrogens is 334 g/mol. The van der Waals surface area contributed by atoms with Crippen molar-refractivity contribution in [2.24, 2.45) is 0 Å². The second-order valence-corrected chi connectivity index (χ2v) is 7.88. The summed E-state index contributed by atoms with van der Waals surface area (Å²) in [5.74, 6) is 1.77. The fourth-order valence-electron chi connectivity index (χ4n) is 4.38. The van der Waals surface area contributed by atoms with Gasteiger partial charge in [-0.2, -0.15) is 0 Å². The van der Waals surface area contributed by atoms with Gasteiger partial charge in [-0.15, -0.1) is 0 Å². The first-order valence-corrected chi connectivity index (χ1v) is 9.35. The fraction of sp³-hybridized carbons (Fsp3) is 0.250. The van der Waals surface area contributed by atoms with E-state index >= 15 is 0 Å². The Balaban J connectivity index is 1.78. The average molecular weight is 357 g/mol. The van der Waals surface area contributed by atoms with Crippen LogP contribution < -0.4 is 14.4 Å². The van der Waals surface area contributed by atoms with Crippen LogP contribution in [0, 0.1) is 0 Å². The molecule has 0 radical (unpaired) electrons. The van der Waals surface area contributed by atoms with Crippen LogP contribution in [0.15, 0.2) is 48.5 Å². The minimum absolute atomic E-state index is 0.312. The summed E-state index contributed by atoms with van der Waals surface area (Å²) in [6.45, 7) is 4.15. The first-order valence-electron chi connectivity index (χ1n) is 9.35. The van der Waals surface area contributed by atoms with E-state index in [2.05, 4.69) is 74.3 Å². The molecule has 3 aromatic carbocycles. The monoisotopic (exact) mass is 357 g/mol. The van der Waals surface area contributed by atoms with Gasteiger partial charge in [-0.3, -0.25) is 0 Å². The van der Waals surface area contributed by atoms with Crippen LogP contribution in [0.25, 0.3) is 16.8 Å². The number of hydrogen-bond donors (Lipinski definition) is 0. The molecule has 5 rings (SSSR count). The second-order valence-electron chi connectivity index (χ2n) is 7.88. The highest BCUT2D eigenvalue weighted by atomic mass is 16.5. The molecule has 0 N–H and O–H groups in total. The summed E-state index contributed by atoms with van der Waals surface area (Å²) in [4.78, 5) is 2.29. The number of hydrogen-bond acceptors (Lipinski definition) is 3. The highest BCUT2D eigenvalue weighted by Gasteiger charge is 2.32. The van der Waals surface area contributed by atoms with E-state index in [-0.39, 0.29) is 5.60 Å². The van der Waals surface area contributed by atoms with E-state index in [1.165, 1.54) is 33.3 Å². The number of methoxy groups -OCH3 is 1. The molecule has 0 spiro atoms. The van der Waals surface area contributed by atoms with Crippen molar-refractivity contribution < 1.29 is 9.47 Å². The van der Waals surface area contributed by atoms with Crippen molar-refractivity contribution in [1.29, 1.82) is 0 Å². The van der Waals surface area contributed by atoms with Crippen LogP contribution in [0.3, 0.4) is 0 Å². The van der Waals surface area contributed by atoms with Crippen molar-refractivity contribution in [3.8, 4) is 11.5 Å². The standard InChI is InChI=1S/C24H23NO2/c1-24(2)12-11-17-22(27-24)14-21(26-4)19-13-18-16-8-6-5-7-15(16)9-10-20(18)25(3)23(17)19/h5-12,14H,13H2,1-4H3. The Labute approximate surface area is 159 Å². The summed E-state index contributed by atoms with van der Waals surface area (Å²) in [7, 11) is 3.88. The Morgan fingerprint density at radius 2 is 1.89 bits per heavy atom. The minimum Gasteiger partial charge on any atom is -0.496 e. The third-order valence-corrected chi connectivity index (χ3v) is 5.68. The maximum absolute atomic E-state index is 6.24. The molecule has 3 nitrogen and oxygen atoms in total. The van der Waals surface area contributed by atoms with Gasteiger partial charge in [-0.1, -0.05) is 30.3 Å². The van der Waals surface area contributed by atoms with Crippen molar-refractivity contribution in [3.63, 3.8) is 0 Å². The van der Waals surface area contributed by atoms with Gasteiger partial charge in [0, 0.05) is 36.3 Å². The number of benzene rings is 3. The van der Waals surface area contributed by atoms with Crippen LogP contribution in [-0.2, 0) is 6.42 Å². The molecule has 3 aromatic rings. The largest absolute Gasteiger partial charge is 0.496 e. The van der Waals surface area contributed by atoms with Crippen molar-refractivity contribution in [2.45, 2.75) is 25.9 Å². The zero-order valence-electron chi connectivity index (χ0n) is 16.2. The van der Waals surface area contributed by atoms with Crippen molar-refractivity contribution in [3.05, 3.63) is 65.2 Å². The van der Waals surface area contributed by atoms with Gasteiger partial charge in [0.25, 0.3) is 0 Å². The Bertz CT molecular complexity index is 1110. The molecule has 0 aliphatic carbocycles. The summed E-state index contributed by atoms with van der Waals surface area (Å²) < 4.78 is 12.0. The summed E-state index contributed by atoms with van der Waals surface area (Å²) in [5.41, 5.74) is 5.81. The number of rotatable bonds is 1. The van der Waals surface area contributed by atoms with E-state index in [1.54, 1.807) is 7.11 Å². The molecule has 0 fully saturated rings. The Hall–Kier alpha value is -2.94. The highest BCUT2D eigenvalue weighted by molar-refractivity contribution is 5.96.